The minimum absolute atomic E-state index is 0.0677. The average Bonchev–Trinajstić information content (AvgIpc) is 2.45. The molecule has 0 bridgehead atoms. The molecule has 0 aliphatic heterocycles. The van der Waals surface area contributed by atoms with Crippen molar-refractivity contribution in [3.63, 3.8) is 0 Å². The zero-order valence-corrected chi connectivity index (χ0v) is 12.5. The molecule has 1 aromatic heterocycles. The molecule has 1 amide bonds. The molecule has 0 spiro atoms. The standard InChI is InChI=1S/C15H23N3O2/c1-4-12-8-11(9-13(16-2)18-12)14(19)17-10-15(20-3)6-5-7-15/h8-9H,4-7,10H2,1-3H3,(H,16,18)(H,17,19). The van der Waals surface area contributed by atoms with E-state index in [0.29, 0.717) is 12.1 Å². The number of carbonyl (C=O) groups excluding carboxylic acids is 1. The van der Waals surface area contributed by atoms with E-state index in [1.165, 1.54) is 6.42 Å². The van der Waals surface area contributed by atoms with Crippen LogP contribution in [0, 0.1) is 0 Å². The lowest BCUT2D eigenvalue weighted by atomic mass is 9.80. The number of methoxy groups -OCH3 is 1. The van der Waals surface area contributed by atoms with E-state index in [0.717, 1.165) is 30.8 Å². The number of ether oxygens (including phenoxy) is 1. The third-order valence-electron chi connectivity index (χ3n) is 4.03. The van der Waals surface area contributed by atoms with Gasteiger partial charge in [0.25, 0.3) is 5.91 Å². The molecule has 1 saturated carbocycles. The monoisotopic (exact) mass is 277 g/mol. The summed E-state index contributed by atoms with van der Waals surface area (Å²) in [6.07, 6.45) is 4.00. The van der Waals surface area contributed by atoms with E-state index in [9.17, 15) is 4.79 Å². The van der Waals surface area contributed by atoms with Gasteiger partial charge in [0.05, 0.1) is 5.60 Å². The van der Waals surface area contributed by atoms with E-state index in [-0.39, 0.29) is 11.5 Å². The number of carbonyl (C=O) groups is 1. The number of hydrogen-bond donors (Lipinski definition) is 2. The largest absolute Gasteiger partial charge is 0.376 e. The lowest BCUT2D eigenvalue weighted by Gasteiger charge is -2.40. The molecule has 0 saturated heterocycles. The molecule has 0 radical (unpaired) electrons. The molecule has 1 aliphatic rings. The maximum absolute atomic E-state index is 12.3. The van der Waals surface area contributed by atoms with Crippen LogP contribution in [0.15, 0.2) is 12.1 Å². The lowest BCUT2D eigenvalue weighted by Crippen LogP contribution is -2.49. The topological polar surface area (TPSA) is 63.2 Å². The first-order chi connectivity index (χ1) is 9.62. The van der Waals surface area contributed by atoms with E-state index in [1.807, 2.05) is 13.0 Å². The Kier molecular flexibility index (Phi) is 4.60. The number of amides is 1. The summed E-state index contributed by atoms with van der Waals surface area (Å²) in [6.45, 7) is 2.60. The molecule has 110 valence electrons. The zero-order chi connectivity index (χ0) is 14.6. The van der Waals surface area contributed by atoms with Crippen molar-refractivity contribution >= 4 is 11.7 Å². The summed E-state index contributed by atoms with van der Waals surface area (Å²) >= 11 is 0. The van der Waals surface area contributed by atoms with Gasteiger partial charge in [-0.05, 0) is 37.8 Å². The fraction of sp³-hybridized carbons (Fsp3) is 0.600. The molecule has 20 heavy (non-hydrogen) atoms. The van der Waals surface area contributed by atoms with E-state index in [2.05, 4.69) is 15.6 Å². The molecule has 1 fully saturated rings. The molecule has 1 aliphatic carbocycles. The molecule has 1 aromatic rings. The highest BCUT2D eigenvalue weighted by atomic mass is 16.5. The third-order valence-corrected chi connectivity index (χ3v) is 4.03. The van der Waals surface area contributed by atoms with Gasteiger partial charge in [0.1, 0.15) is 5.82 Å². The summed E-state index contributed by atoms with van der Waals surface area (Å²) in [5.74, 6) is 0.654. The van der Waals surface area contributed by atoms with Gasteiger partial charge in [0.15, 0.2) is 0 Å². The molecule has 5 nitrogen and oxygen atoms in total. The molecule has 1 heterocycles. The summed E-state index contributed by atoms with van der Waals surface area (Å²) in [5, 5.41) is 5.96. The number of anilines is 1. The van der Waals surface area contributed by atoms with Gasteiger partial charge in [-0.25, -0.2) is 4.98 Å². The Morgan fingerprint density at radius 2 is 2.20 bits per heavy atom. The average molecular weight is 277 g/mol. The summed E-state index contributed by atoms with van der Waals surface area (Å²) in [4.78, 5) is 16.7. The second-order valence-corrected chi connectivity index (χ2v) is 5.26. The van der Waals surface area contributed by atoms with Crippen molar-refractivity contribution in [2.45, 2.75) is 38.2 Å². The maximum Gasteiger partial charge on any atom is 0.251 e. The van der Waals surface area contributed by atoms with Crippen LogP contribution in [0.25, 0.3) is 0 Å². The van der Waals surface area contributed by atoms with Gasteiger partial charge >= 0.3 is 0 Å². The quantitative estimate of drug-likeness (QED) is 0.834. The summed E-state index contributed by atoms with van der Waals surface area (Å²) in [5.41, 5.74) is 1.40. The van der Waals surface area contributed by atoms with Crippen LogP contribution in [-0.4, -0.2) is 37.2 Å². The van der Waals surface area contributed by atoms with Crippen molar-refractivity contribution in [3.8, 4) is 0 Å². The van der Waals surface area contributed by atoms with Crippen molar-refractivity contribution in [2.75, 3.05) is 26.0 Å². The Morgan fingerprint density at radius 3 is 2.70 bits per heavy atom. The van der Waals surface area contributed by atoms with Gasteiger partial charge in [0, 0.05) is 32.0 Å². The number of aryl methyl sites for hydroxylation is 1. The van der Waals surface area contributed by atoms with Crippen LogP contribution in [0.2, 0.25) is 0 Å². The molecule has 2 N–H and O–H groups in total. The molecule has 2 rings (SSSR count). The number of aromatic nitrogens is 1. The van der Waals surface area contributed by atoms with Crippen LogP contribution in [0.3, 0.4) is 0 Å². The first kappa shape index (κ1) is 14.8. The van der Waals surface area contributed by atoms with Crippen molar-refractivity contribution in [1.82, 2.24) is 10.3 Å². The number of rotatable bonds is 6. The predicted octanol–water partition coefficient (Wildman–Crippen LogP) is 1.98. The number of pyridine rings is 1. The molecule has 0 aromatic carbocycles. The fourth-order valence-electron chi connectivity index (χ4n) is 2.40. The zero-order valence-electron chi connectivity index (χ0n) is 12.5. The Bertz CT molecular complexity index is 456. The fourth-order valence-corrected chi connectivity index (χ4v) is 2.40. The smallest absolute Gasteiger partial charge is 0.251 e. The third kappa shape index (κ3) is 3.10. The van der Waals surface area contributed by atoms with Crippen LogP contribution in [0.1, 0.15) is 42.2 Å². The maximum atomic E-state index is 12.3. The van der Waals surface area contributed by atoms with E-state index in [1.54, 1.807) is 20.2 Å². The van der Waals surface area contributed by atoms with Gasteiger partial charge in [-0.15, -0.1) is 0 Å². The van der Waals surface area contributed by atoms with Crippen LogP contribution >= 0.6 is 0 Å². The van der Waals surface area contributed by atoms with Crippen LogP contribution in [-0.2, 0) is 11.2 Å². The second-order valence-electron chi connectivity index (χ2n) is 5.26. The highest BCUT2D eigenvalue weighted by Crippen LogP contribution is 2.34. The van der Waals surface area contributed by atoms with E-state index < -0.39 is 0 Å². The van der Waals surface area contributed by atoms with Crippen molar-refractivity contribution < 1.29 is 9.53 Å². The first-order valence-electron chi connectivity index (χ1n) is 7.14. The Balaban J connectivity index is 2.04. The molecule has 5 heteroatoms. The predicted molar refractivity (Wildman–Crippen MR) is 79.1 cm³/mol. The van der Waals surface area contributed by atoms with Crippen LogP contribution < -0.4 is 10.6 Å². The normalized spacial score (nSPS) is 16.4. The van der Waals surface area contributed by atoms with Crippen molar-refractivity contribution in [1.29, 1.82) is 0 Å². The minimum Gasteiger partial charge on any atom is -0.376 e. The number of hydrogen-bond acceptors (Lipinski definition) is 4. The molecule has 0 unspecified atom stereocenters. The van der Waals surface area contributed by atoms with Gasteiger partial charge in [-0.2, -0.15) is 0 Å². The van der Waals surface area contributed by atoms with Gasteiger partial charge in [0.2, 0.25) is 0 Å². The van der Waals surface area contributed by atoms with Gasteiger partial charge < -0.3 is 15.4 Å². The SMILES string of the molecule is CCc1cc(C(=O)NCC2(OC)CCC2)cc(NC)n1. The van der Waals surface area contributed by atoms with Crippen LogP contribution in [0.5, 0.6) is 0 Å². The number of nitrogens with zero attached hydrogens (tertiary/aromatic N) is 1. The summed E-state index contributed by atoms with van der Waals surface area (Å²) < 4.78 is 5.51. The van der Waals surface area contributed by atoms with Crippen molar-refractivity contribution in [3.05, 3.63) is 23.4 Å². The lowest BCUT2D eigenvalue weighted by molar-refractivity contribution is -0.0679. The number of nitrogens with one attached hydrogen (secondary N) is 2. The molecular formula is C15H23N3O2. The Labute approximate surface area is 120 Å². The highest BCUT2D eigenvalue weighted by molar-refractivity contribution is 5.95. The van der Waals surface area contributed by atoms with Crippen LogP contribution in [0.4, 0.5) is 5.82 Å². The van der Waals surface area contributed by atoms with Gasteiger partial charge in [-0.1, -0.05) is 6.92 Å². The first-order valence-corrected chi connectivity index (χ1v) is 7.14. The Morgan fingerprint density at radius 1 is 1.45 bits per heavy atom. The van der Waals surface area contributed by atoms with E-state index in [4.69, 9.17) is 4.74 Å². The van der Waals surface area contributed by atoms with E-state index >= 15 is 0 Å². The highest BCUT2D eigenvalue weighted by Gasteiger charge is 2.37. The summed E-state index contributed by atoms with van der Waals surface area (Å²) in [6, 6.07) is 3.62. The molecular weight excluding hydrogens is 254 g/mol. The van der Waals surface area contributed by atoms with Crippen molar-refractivity contribution in [2.24, 2.45) is 0 Å². The van der Waals surface area contributed by atoms with Gasteiger partial charge in [-0.3, -0.25) is 4.79 Å². The second kappa shape index (κ2) is 6.22. The molecule has 0 atom stereocenters. The minimum atomic E-state index is -0.151. The summed E-state index contributed by atoms with van der Waals surface area (Å²) in [7, 11) is 3.52. The Hall–Kier alpha value is -1.62.